The zero-order valence-corrected chi connectivity index (χ0v) is 13.5. The number of benzene rings is 2. The van der Waals surface area contributed by atoms with Crippen molar-refractivity contribution >= 4 is 11.8 Å². The summed E-state index contributed by atoms with van der Waals surface area (Å²) in [6, 6.07) is 11.3. The molecule has 0 heterocycles. The van der Waals surface area contributed by atoms with Gasteiger partial charge in [0.2, 0.25) is 5.91 Å². The maximum atomic E-state index is 12.7. The van der Waals surface area contributed by atoms with Crippen molar-refractivity contribution in [2.75, 3.05) is 13.1 Å². The van der Waals surface area contributed by atoms with E-state index in [1.165, 1.54) is 19.1 Å². The van der Waals surface area contributed by atoms with E-state index in [-0.39, 0.29) is 18.4 Å². The summed E-state index contributed by atoms with van der Waals surface area (Å²) in [7, 11) is 0. The second-order valence-electron chi connectivity index (χ2n) is 5.36. The van der Waals surface area contributed by atoms with Crippen molar-refractivity contribution in [2.24, 2.45) is 0 Å². The van der Waals surface area contributed by atoms with Crippen LogP contribution in [0.15, 0.2) is 48.5 Å². The van der Waals surface area contributed by atoms with Crippen molar-refractivity contribution in [2.45, 2.75) is 13.1 Å². The zero-order chi connectivity index (χ0) is 18.4. The van der Waals surface area contributed by atoms with Gasteiger partial charge in [0.25, 0.3) is 5.91 Å². The highest BCUT2D eigenvalue weighted by molar-refractivity contribution is 6.00. The predicted octanol–water partition coefficient (Wildman–Crippen LogP) is 3.24. The number of amides is 2. The van der Waals surface area contributed by atoms with Crippen LogP contribution in [-0.4, -0.2) is 24.9 Å². The maximum Gasteiger partial charge on any atom is 0.416 e. The van der Waals surface area contributed by atoms with E-state index in [0.717, 1.165) is 12.1 Å². The fourth-order valence-corrected chi connectivity index (χ4v) is 2.28. The highest BCUT2D eigenvalue weighted by Gasteiger charge is 2.30. The Morgan fingerprint density at radius 1 is 0.920 bits per heavy atom. The molecule has 0 aliphatic heterocycles. The molecule has 0 saturated carbocycles. The van der Waals surface area contributed by atoms with Crippen LogP contribution in [0.4, 0.5) is 13.2 Å². The lowest BCUT2D eigenvalue weighted by molar-refractivity contribution is -0.137. The van der Waals surface area contributed by atoms with Gasteiger partial charge >= 0.3 is 6.18 Å². The normalized spacial score (nSPS) is 11.0. The van der Waals surface area contributed by atoms with Crippen molar-refractivity contribution < 1.29 is 22.8 Å². The lowest BCUT2D eigenvalue weighted by Crippen LogP contribution is -2.33. The van der Waals surface area contributed by atoms with Gasteiger partial charge in [-0.25, -0.2) is 0 Å². The highest BCUT2D eigenvalue weighted by atomic mass is 19.4. The summed E-state index contributed by atoms with van der Waals surface area (Å²) in [4.78, 5) is 23.1. The molecule has 0 saturated heterocycles. The average Bonchev–Trinajstić information content (AvgIpc) is 2.58. The number of halogens is 3. The van der Waals surface area contributed by atoms with Crippen LogP contribution in [0.25, 0.3) is 11.1 Å². The number of nitrogens with one attached hydrogen (secondary N) is 2. The third-order valence-corrected chi connectivity index (χ3v) is 3.48. The Bertz CT molecular complexity index is 756. The van der Waals surface area contributed by atoms with Gasteiger partial charge in [-0.3, -0.25) is 9.59 Å². The van der Waals surface area contributed by atoms with Crippen LogP contribution >= 0.6 is 0 Å². The minimum Gasteiger partial charge on any atom is -0.355 e. The van der Waals surface area contributed by atoms with Crippen molar-refractivity contribution in [3.05, 3.63) is 59.7 Å². The molecule has 2 amide bonds. The first-order valence-corrected chi connectivity index (χ1v) is 7.58. The van der Waals surface area contributed by atoms with Crippen LogP contribution in [0.3, 0.4) is 0 Å². The molecular weight excluding hydrogens is 333 g/mol. The molecule has 2 aromatic carbocycles. The molecule has 0 aliphatic rings. The fourth-order valence-electron chi connectivity index (χ4n) is 2.28. The highest BCUT2D eigenvalue weighted by Crippen LogP contribution is 2.31. The van der Waals surface area contributed by atoms with Crippen molar-refractivity contribution in [3.63, 3.8) is 0 Å². The Labute approximate surface area is 143 Å². The lowest BCUT2D eigenvalue weighted by Gasteiger charge is -2.12. The predicted molar refractivity (Wildman–Crippen MR) is 87.9 cm³/mol. The molecule has 0 fully saturated rings. The average molecular weight is 350 g/mol. The van der Waals surface area contributed by atoms with Crippen molar-refractivity contribution in [3.8, 4) is 11.1 Å². The molecule has 2 rings (SSSR count). The molecule has 2 N–H and O–H groups in total. The first-order valence-electron chi connectivity index (χ1n) is 7.58. The van der Waals surface area contributed by atoms with E-state index in [1.807, 2.05) is 0 Å². The minimum atomic E-state index is -4.40. The summed E-state index contributed by atoms with van der Waals surface area (Å²) in [5.41, 5.74) is 0.660. The van der Waals surface area contributed by atoms with Gasteiger partial charge in [0, 0.05) is 25.6 Å². The summed E-state index contributed by atoms with van der Waals surface area (Å²) in [6.45, 7) is 1.92. The van der Waals surface area contributed by atoms with E-state index in [4.69, 9.17) is 0 Å². The molecule has 0 spiro atoms. The number of alkyl halides is 3. The van der Waals surface area contributed by atoms with E-state index >= 15 is 0 Å². The smallest absolute Gasteiger partial charge is 0.355 e. The Kier molecular flexibility index (Phi) is 5.80. The van der Waals surface area contributed by atoms with E-state index in [0.29, 0.717) is 23.2 Å². The molecular formula is C18H17F3N2O2. The van der Waals surface area contributed by atoms with Gasteiger partial charge in [-0.05, 0) is 29.3 Å². The van der Waals surface area contributed by atoms with Crippen LogP contribution < -0.4 is 10.6 Å². The number of carbonyl (C=O) groups is 2. The van der Waals surface area contributed by atoms with E-state index < -0.39 is 11.7 Å². The Morgan fingerprint density at radius 2 is 1.52 bits per heavy atom. The summed E-state index contributed by atoms with van der Waals surface area (Å²) < 4.78 is 38.0. The van der Waals surface area contributed by atoms with Crippen molar-refractivity contribution in [1.29, 1.82) is 0 Å². The van der Waals surface area contributed by atoms with Crippen molar-refractivity contribution in [1.82, 2.24) is 10.6 Å². The number of carbonyl (C=O) groups excluding carboxylic acids is 2. The second-order valence-corrected chi connectivity index (χ2v) is 5.36. The quantitative estimate of drug-likeness (QED) is 0.814. The van der Waals surface area contributed by atoms with E-state index in [1.54, 1.807) is 24.3 Å². The van der Waals surface area contributed by atoms with Crippen LogP contribution in [-0.2, 0) is 11.0 Å². The molecule has 0 unspecified atom stereocenters. The third-order valence-electron chi connectivity index (χ3n) is 3.48. The first kappa shape index (κ1) is 18.5. The Balaban J connectivity index is 2.17. The molecule has 25 heavy (non-hydrogen) atoms. The third kappa shape index (κ3) is 5.07. The molecule has 0 aromatic heterocycles. The monoisotopic (exact) mass is 350 g/mol. The van der Waals surface area contributed by atoms with E-state index in [9.17, 15) is 22.8 Å². The van der Waals surface area contributed by atoms with Gasteiger partial charge in [0.05, 0.1) is 5.56 Å². The summed E-state index contributed by atoms with van der Waals surface area (Å²) in [5.74, 6) is -0.555. The van der Waals surface area contributed by atoms with Gasteiger partial charge in [0.15, 0.2) is 0 Å². The lowest BCUT2D eigenvalue weighted by atomic mass is 9.98. The maximum absolute atomic E-state index is 12.7. The van der Waals surface area contributed by atoms with Gasteiger partial charge in [-0.1, -0.05) is 30.3 Å². The number of rotatable bonds is 5. The summed E-state index contributed by atoms with van der Waals surface area (Å²) in [6.07, 6.45) is -4.40. The number of hydrogen-bond acceptors (Lipinski definition) is 2. The summed E-state index contributed by atoms with van der Waals surface area (Å²) >= 11 is 0. The molecule has 0 atom stereocenters. The van der Waals surface area contributed by atoms with Crippen LogP contribution in [0.1, 0.15) is 22.8 Å². The minimum absolute atomic E-state index is 0.195. The molecule has 0 aliphatic carbocycles. The molecule has 4 nitrogen and oxygen atoms in total. The fraction of sp³-hybridized carbons (Fsp3) is 0.222. The largest absolute Gasteiger partial charge is 0.416 e. The van der Waals surface area contributed by atoms with Crippen LogP contribution in [0, 0.1) is 0 Å². The SMILES string of the molecule is CC(=O)NCCNC(=O)c1ccccc1-c1ccc(C(F)(F)F)cc1. The number of hydrogen-bond donors (Lipinski definition) is 2. The zero-order valence-electron chi connectivity index (χ0n) is 13.5. The van der Waals surface area contributed by atoms with Crippen LogP contribution in [0.5, 0.6) is 0 Å². The molecule has 0 radical (unpaired) electrons. The molecule has 132 valence electrons. The topological polar surface area (TPSA) is 58.2 Å². The molecule has 2 aromatic rings. The van der Waals surface area contributed by atoms with Gasteiger partial charge < -0.3 is 10.6 Å². The molecule has 0 bridgehead atoms. The Morgan fingerprint density at radius 3 is 2.12 bits per heavy atom. The summed E-state index contributed by atoms with van der Waals surface area (Å²) in [5, 5.41) is 5.23. The van der Waals surface area contributed by atoms with Gasteiger partial charge in [-0.2, -0.15) is 13.2 Å². The van der Waals surface area contributed by atoms with Gasteiger partial charge in [0.1, 0.15) is 0 Å². The van der Waals surface area contributed by atoms with Crippen LogP contribution in [0.2, 0.25) is 0 Å². The van der Waals surface area contributed by atoms with Gasteiger partial charge in [-0.15, -0.1) is 0 Å². The van der Waals surface area contributed by atoms with E-state index in [2.05, 4.69) is 10.6 Å². The standard InChI is InChI=1S/C18H17F3N2O2/c1-12(24)22-10-11-23-17(25)16-5-3-2-4-15(16)13-6-8-14(9-7-13)18(19,20)21/h2-9H,10-11H2,1H3,(H,22,24)(H,23,25). The first-order chi connectivity index (χ1) is 11.8. The Hall–Kier alpha value is -2.83. The second kappa shape index (κ2) is 7.83. The molecule has 7 heteroatoms.